The molecule has 0 bridgehead atoms. The molecule has 0 heterocycles. The van der Waals surface area contributed by atoms with Gasteiger partial charge in [0.2, 0.25) is 5.69 Å². The van der Waals surface area contributed by atoms with Gasteiger partial charge in [-0.2, -0.15) is 5.48 Å². The summed E-state index contributed by atoms with van der Waals surface area (Å²) in [6.45, 7) is 0. The number of hydrogen-bond donors (Lipinski definition) is 3. The van der Waals surface area contributed by atoms with Gasteiger partial charge < -0.3 is 5.32 Å². The van der Waals surface area contributed by atoms with Crippen LogP contribution in [0, 0.1) is 26.8 Å². The molecule has 0 aliphatic heterocycles. The van der Waals surface area contributed by atoms with Crippen LogP contribution in [0.5, 0.6) is 0 Å². The van der Waals surface area contributed by atoms with Crippen molar-refractivity contribution >= 4 is 39.7 Å². The lowest BCUT2D eigenvalue weighted by atomic mass is 10.2. The van der Waals surface area contributed by atoms with Gasteiger partial charge in [0.1, 0.15) is 11.5 Å². The lowest BCUT2D eigenvalue weighted by Gasteiger charge is -2.11. The van der Waals surface area contributed by atoms with Gasteiger partial charge in [-0.1, -0.05) is 0 Å². The third-order valence-electron chi connectivity index (χ3n) is 2.53. The standard InChI is InChI=1S/C12H7F4IN2O/c13-6-3-5(17)1-2-9(6)18-12-10(16)7(14)4-8(15)11(12)19-20/h1-4,18-20H/p+1. The largest absolute Gasteiger partial charge is 0.346 e. The zero-order chi connectivity index (χ0) is 14.9. The molecule has 0 radical (unpaired) electrons. The molecule has 2 aromatic rings. The minimum atomic E-state index is -1.44. The highest BCUT2D eigenvalue weighted by Gasteiger charge is 2.23. The third-order valence-corrected chi connectivity index (χ3v) is 3.20. The fourth-order valence-corrected chi connectivity index (χ4v) is 2.04. The van der Waals surface area contributed by atoms with Gasteiger partial charge >= 0.3 is 0 Å². The van der Waals surface area contributed by atoms with Gasteiger partial charge in [-0.15, -0.1) is 0 Å². The van der Waals surface area contributed by atoms with Gasteiger partial charge in [0, 0.05) is 9.64 Å². The summed E-state index contributed by atoms with van der Waals surface area (Å²) in [6.07, 6.45) is 0. The zero-order valence-electron chi connectivity index (χ0n) is 9.72. The molecule has 106 valence electrons. The van der Waals surface area contributed by atoms with E-state index < -0.39 is 34.6 Å². The predicted molar refractivity (Wildman–Crippen MR) is 72.1 cm³/mol. The van der Waals surface area contributed by atoms with Crippen molar-refractivity contribution in [1.82, 2.24) is 0 Å². The van der Waals surface area contributed by atoms with E-state index in [1.807, 2.05) is 22.6 Å². The molecule has 0 aliphatic carbocycles. The monoisotopic (exact) mass is 399 g/mol. The fourth-order valence-electron chi connectivity index (χ4n) is 1.58. The average Bonchev–Trinajstić information content (AvgIpc) is 2.38. The number of quaternary nitrogens is 1. The normalized spacial score (nSPS) is 10.7. The summed E-state index contributed by atoms with van der Waals surface area (Å²) < 4.78 is 54.5. The number of halogens is 5. The van der Waals surface area contributed by atoms with E-state index in [9.17, 15) is 17.6 Å². The lowest BCUT2D eigenvalue weighted by molar-refractivity contribution is -0.826. The average molecular weight is 399 g/mol. The summed E-state index contributed by atoms with van der Waals surface area (Å²) in [5.41, 5.74) is -1.16. The van der Waals surface area contributed by atoms with E-state index in [0.717, 1.165) is 0 Å². The molecule has 0 spiro atoms. The number of benzene rings is 2. The molecule has 0 aromatic heterocycles. The zero-order valence-corrected chi connectivity index (χ0v) is 11.9. The molecule has 2 aromatic carbocycles. The summed E-state index contributed by atoms with van der Waals surface area (Å²) in [5.74, 6) is -4.74. The SMILES string of the molecule is O[NH2+]c1c(F)cc(F)c(F)c1Nc1ccc(I)cc1F. The van der Waals surface area contributed by atoms with E-state index in [2.05, 4.69) is 5.32 Å². The summed E-state index contributed by atoms with van der Waals surface area (Å²) in [6, 6.07) is 4.29. The summed E-state index contributed by atoms with van der Waals surface area (Å²) in [4.78, 5) is 0. The van der Waals surface area contributed by atoms with Crippen molar-refractivity contribution in [1.29, 1.82) is 0 Å². The van der Waals surface area contributed by atoms with E-state index >= 15 is 0 Å². The molecular formula is C12H8F4IN2O+. The van der Waals surface area contributed by atoms with Crippen LogP contribution in [0.1, 0.15) is 0 Å². The predicted octanol–water partition coefficient (Wildman–Crippen LogP) is 3.18. The van der Waals surface area contributed by atoms with Crippen LogP contribution in [0.4, 0.5) is 34.6 Å². The topological polar surface area (TPSA) is 48.9 Å². The van der Waals surface area contributed by atoms with Gasteiger partial charge in [-0.05, 0) is 40.8 Å². The molecule has 3 nitrogen and oxygen atoms in total. The minimum Gasteiger partial charge on any atom is -0.346 e. The second kappa shape index (κ2) is 5.94. The van der Waals surface area contributed by atoms with Crippen molar-refractivity contribution in [3.8, 4) is 0 Å². The van der Waals surface area contributed by atoms with Crippen LogP contribution in [0.3, 0.4) is 0 Å². The van der Waals surface area contributed by atoms with Crippen LogP contribution in [0.15, 0.2) is 24.3 Å². The number of rotatable bonds is 3. The van der Waals surface area contributed by atoms with Gasteiger partial charge in [-0.25, -0.2) is 22.8 Å². The second-order valence-corrected chi connectivity index (χ2v) is 5.07. The number of nitrogens with one attached hydrogen (secondary N) is 1. The van der Waals surface area contributed by atoms with Crippen LogP contribution >= 0.6 is 22.6 Å². The number of nitrogens with two attached hydrogens (primary N) is 1. The summed E-state index contributed by atoms with van der Waals surface area (Å²) in [5, 5.41) is 11.2. The molecular weight excluding hydrogens is 391 g/mol. The maximum Gasteiger partial charge on any atom is 0.224 e. The van der Waals surface area contributed by atoms with Crippen LogP contribution in [-0.2, 0) is 0 Å². The van der Waals surface area contributed by atoms with Gasteiger partial charge in [-0.3, -0.25) is 0 Å². The van der Waals surface area contributed by atoms with Crippen molar-refractivity contribution in [2.24, 2.45) is 0 Å². The molecule has 0 unspecified atom stereocenters. The van der Waals surface area contributed by atoms with Crippen LogP contribution in [0.25, 0.3) is 0 Å². The molecule has 20 heavy (non-hydrogen) atoms. The number of hydrogen-bond acceptors (Lipinski definition) is 2. The van der Waals surface area contributed by atoms with Crippen molar-refractivity contribution in [3.05, 3.63) is 51.1 Å². The molecule has 8 heteroatoms. The highest BCUT2D eigenvalue weighted by atomic mass is 127. The Balaban J connectivity index is 2.52. The molecule has 0 saturated heterocycles. The molecule has 4 N–H and O–H groups in total. The van der Waals surface area contributed by atoms with E-state index in [1.54, 1.807) is 0 Å². The Bertz CT molecular complexity index is 666. The van der Waals surface area contributed by atoms with Crippen LogP contribution in [-0.4, -0.2) is 5.21 Å². The fraction of sp³-hybridized carbons (Fsp3) is 0. The lowest BCUT2D eigenvalue weighted by Crippen LogP contribution is -2.74. The number of anilines is 2. The van der Waals surface area contributed by atoms with Crippen molar-refractivity contribution in [2.45, 2.75) is 0 Å². The van der Waals surface area contributed by atoms with Crippen molar-refractivity contribution in [3.63, 3.8) is 0 Å². The van der Waals surface area contributed by atoms with E-state index in [0.29, 0.717) is 9.64 Å². The Labute approximate surface area is 124 Å². The van der Waals surface area contributed by atoms with Gasteiger partial charge in [0.05, 0.1) is 5.69 Å². The summed E-state index contributed by atoms with van der Waals surface area (Å²) in [7, 11) is 0. The molecule has 2 rings (SSSR count). The first-order valence-electron chi connectivity index (χ1n) is 5.31. The van der Waals surface area contributed by atoms with Crippen molar-refractivity contribution in [2.75, 3.05) is 5.32 Å². The summed E-state index contributed by atoms with van der Waals surface area (Å²) >= 11 is 1.88. The van der Waals surface area contributed by atoms with Crippen LogP contribution < -0.4 is 10.8 Å². The molecule has 0 amide bonds. The van der Waals surface area contributed by atoms with Crippen molar-refractivity contribution < 1.29 is 28.2 Å². The Hall–Kier alpha value is -1.39. The Kier molecular flexibility index (Phi) is 4.45. The molecule has 0 saturated carbocycles. The van der Waals surface area contributed by atoms with Gasteiger partial charge in [0.15, 0.2) is 17.5 Å². The van der Waals surface area contributed by atoms with Gasteiger partial charge in [0.25, 0.3) is 0 Å². The van der Waals surface area contributed by atoms with Crippen LogP contribution in [0.2, 0.25) is 0 Å². The highest BCUT2D eigenvalue weighted by molar-refractivity contribution is 14.1. The molecule has 0 fully saturated rings. The first-order valence-corrected chi connectivity index (χ1v) is 6.39. The Morgan fingerprint density at radius 2 is 1.70 bits per heavy atom. The van der Waals surface area contributed by atoms with E-state index in [-0.39, 0.29) is 11.2 Å². The smallest absolute Gasteiger partial charge is 0.224 e. The second-order valence-electron chi connectivity index (χ2n) is 3.82. The van der Waals surface area contributed by atoms with E-state index in [4.69, 9.17) is 5.21 Å². The van der Waals surface area contributed by atoms with E-state index in [1.165, 1.54) is 18.2 Å². The Morgan fingerprint density at radius 3 is 2.30 bits per heavy atom. The highest BCUT2D eigenvalue weighted by Crippen LogP contribution is 2.31. The Morgan fingerprint density at radius 1 is 1.00 bits per heavy atom. The first kappa shape index (κ1) is 15.0. The maximum absolute atomic E-state index is 13.7. The minimum absolute atomic E-state index is 0.169. The molecule has 0 atom stereocenters. The quantitative estimate of drug-likeness (QED) is 0.244. The maximum atomic E-state index is 13.7. The first-order chi connectivity index (χ1) is 9.43. The third kappa shape index (κ3) is 2.86. The molecule has 0 aliphatic rings.